The van der Waals surface area contributed by atoms with Crippen LogP contribution in [0.15, 0.2) is 18.3 Å². The van der Waals surface area contributed by atoms with Crippen LogP contribution in [-0.2, 0) is 4.79 Å². The molecule has 1 aromatic heterocycles. The Morgan fingerprint density at radius 1 is 1.50 bits per heavy atom. The first-order valence-electron chi connectivity index (χ1n) is 5.58. The maximum Gasteiger partial charge on any atom is 0.269 e. The Hall–Kier alpha value is -2.68. The Bertz CT molecular complexity index is 686. The average molecular weight is 291 g/mol. The third kappa shape index (κ3) is 2.26. The van der Waals surface area contributed by atoms with Crippen LogP contribution < -0.4 is 21.1 Å². The number of ether oxygens (including phenoxy) is 1. The summed E-state index contributed by atoms with van der Waals surface area (Å²) in [4.78, 5) is 23.5. The molecular formula is C11H9N5O3S. The number of hydrogen-bond acceptors (Lipinski definition) is 7. The first kappa shape index (κ1) is 12.4. The summed E-state index contributed by atoms with van der Waals surface area (Å²) in [5.41, 5.74) is 7.03. The molecule has 0 unspecified atom stereocenters. The number of carbonyl (C=O) groups is 2. The minimum absolute atomic E-state index is 0.0509. The molecule has 0 radical (unpaired) electrons. The Morgan fingerprint density at radius 2 is 2.35 bits per heavy atom. The first-order valence-corrected chi connectivity index (χ1v) is 6.35. The van der Waals surface area contributed by atoms with Gasteiger partial charge >= 0.3 is 0 Å². The van der Waals surface area contributed by atoms with E-state index in [2.05, 4.69) is 20.2 Å². The van der Waals surface area contributed by atoms with E-state index in [0.717, 1.165) is 11.5 Å². The number of nitrogens with two attached hydrogens (primary N) is 1. The Kier molecular flexibility index (Phi) is 2.95. The molecule has 0 saturated carbocycles. The fourth-order valence-electron chi connectivity index (χ4n) is 1.70. The van der Waals surface area contributed by atoms with Gasteiger partial charge in [0, 0.05) is 6.07 Å². The SMILES string of the molecule is Nc1cc2c(cc1NC(=O)c1cnns1)NC(=O)CO2. The Balaban J connectivity index is 1.88. The summed E-state index contributed by atoms with van der Waals surface area (Å²) in [6, 6.07) is 3.10. The summed E-state index contributed by atoms with van der Waals surface area (Å²) in [6.07, 6.45) is 1.36. The van der Waals surface area contributed by atoms with E-state index >= 15 is 0 Å². The van der Waals surface area contributed by atoms with Crippen molar-refractivity contribution in [2.45, 2.75) is 0 Å². The molecule has 20 heavy (non-hydrogen) atoms. The molecule has 102 valence electrons. The number of anilines is 3. The lowest BCUT2D eigenvalue weighted by molar-refractivity contribution is -0.118. The van der Waals surface area contributed by atoms with Gasteiger partial charge in [-0.15, -0.1) is 5.10 Å². The fourth-order valence-corrected chi connectivity index (χ4v) is 2.11. The van der Waals surface area contributed by atoms with Crippen LogP contribution in [-0.4, -0.2) is 28.0 Å². The van der Waals surface area contributed by atoms with E-state index in [9.17, 15) is 9.59 Å². The molecule has 0 spiro atoms. The maximum atomic E-state index is 11.9. The molecule has 0 saturated heterocycles. The Morgan fingerprint density at radius 3 is 3.10 bits per heavy atom. The highest BCUT2D eigenvalue weighted by Gasteiger charge is 2.19. The lowest BCUT2D eigenvalue weighted by Gasteiger charge is -2.19. The van der Waals surface area contributed by atoms with Crippen molar-refractivity contribution in [3.8, 4) is 5.75 Å². The second-order valence-electron chi connectivity index (χ2n) is 4.01. The molecule has 2 aromatic rings. The van der Waals surface area contributed by atoms with E-state index in [4.69, 9.17) is 10.5 Å². The van der Waals surface area contributed by atoms with Crippen LogP contribution in [0.2, 0.25) is 0 Å². The van der Waals surface area contributed by atoms with Crippen LogP contribution in [0.1, 0.15) is 9.67 Å². The monoisotopic (exact) mass is 291 g/mol. The van der Waals surface area contributed by atoms with Gasteiger partial charge in [-0.2, -0.15) is 0 Å². The molecule has 0 bridgehead atoms. The summed E-state index contributed by atoms with van der Waals surface area (Å²) in [5.74, 6) is -0.152. The highest BCUT2D eigenvalue weighted by molar-refractivity contribution is 7.07. The molecule has 0 atom stereocenters. The predicted molar refractivity (Wildman–Crippen MR) is 72.8 cm³/mol. The zero-order valence-electron chi connectivity index (χ0n) is 10.0. The van der Waals surface area contributed by atoms with E-state index in [1.54, 1.807) is 12.1 Å². The lowest BCUT2D eigenvalue weighted by Crippen LogP contribution is -2.25. The van der Waals surface area contributed by atoms with Gasteiger partial charge in [0.15, 0.2) is 6.61 Å². The Labute approximate surface area is 117 Å². The highest BCUT2D eigenvalue weighted by Crippen LogP contribution is 2.35. The van der Waals surface area contributed by atoms with Gasteiger partial charge in [0.2, 0.25) is 0 Å². The zero-order valence-corrected chi connectivity index (χ0v) is 10.9. The molecule has 3 rings (SSSR count). The largest absolute Gasteiger partial charge is 0.482 e. The molecule has 1 aliphatic rings. The number of carbonyl (C=O) groups excluding carboxylic acids is 2. The molecular weight excluding hydrogens is 282 g/mol. The standard InChI is InChI=1S/C11H9N5O3S/c12-5-1-8-7(14-10(17)4-19-8)2-6(5)15-11(18)9-3-13-16-20-9/h1-3H,4,12H2,(H,14,17)(H,15,18). The number of benzene rings is 1. The summed E-state index contributed by atoms with van der Waals surface area (Å²) in [7, 11) is 0. The van der Waals surface area contributed by atoms with Crippen molar-refractivity contribution in [1.82, 2.24) is 9.59 Å². The molecule has 1 aromatic carbocycles. The molecule has 4 N–H and O–H groups in total. The van der Waals surface area contributed by atoms with E-state index in [-0.39, 0.29) is 18.4 Å². The van der Waals surface area contributed by atoms with Gasteiger partial charge in [-0.3, -0.25) is 9.59 Å². The van der Waals surface area contributed by atoms with Crippen LogP contribution in [0.5, 0.6) is 5.75 Å². The van der Waals surface area contributed by atoms with Crippen molar-refractivity contribution < 1.29 is 14.3 Å². The fraction of sp³-hybridized carbons (Fsp3) is 0.0909. The minimum atomic E-state index is -0.366. The number of hydrogen-bond donors (Lipinski definition) is 3. The number of aromatic nitrogens is 2. The third-order valence-electron chi connectivity index (χ3n) is 2.62. The van der Waals surface area contributed by atoms with Gasteiger partial charge in [-0.1, -0.05) is 4.49 Å². The molecule has 1 aliphatic heterocycles. The number of rotatable bonds is 2. The number of nitrogens with zero attached hydrogens (tertiary/aromatic N) is 2. The van der Waals surface area contributed by atoms with Crippen molar-refractivity contribution in [1.29, 1.82) is 0 Å². The van der Waals surface area contributed by atoms with Crippen molar-refractivity contribution in [2.24, 2.45) is 0 Å². The second kappa shape index (κ2) is 4.78. The van der Waals surface area contributed by atoms with Crippen molar-refractivity contribution in [3.63, 3.8) is 0 Å². The summed E-state index contributed by atoms with van der Waals surface area (Å²) < 4.78 is 8.84. The quantitative estimate of drug-likeness (QED) is 0.701. The number of nitrogens with one attached hydrogen (secondary N) is 2. The van der Waals surface area contributed by atoms with Crippen molar-refractivity contribution in [3.05, 3.63) is 23.2 Å². The van der Waals surface area contributed by atoms with Crippen LogP contribution >= 0.6 is 11.5 Å². The van der Waals surface area contributed by atoms with E-state index in [1.807, 2.05) is 0 Å². The highest BCUT2D eigenvalue weighted by atomic mass is 32.1. The normalized spacial score (nSPS) is 13.1. The zero-order chi connectivity index (χ0) is 14.1. The van der Waals surface area contributed by atoms with Crippen LogP contribution in [0.3, 0.4) is 0 Å². The first-order chi connectivity index (χ1) is 9.63. The van der Waals surface area contributed by atoms with Gasteiger partial charge in [-0.25, -0.2) is 0 Å². The second-order valence-corrected chi connectivity index (χ2v) is 4.79. The van der Waals surface area contributed by atoms with E-state index in [0.29, 0.717) is 27.7 Å². The topological polar surface area (TPSA) is 119 Å². The number of amides is 2. The average Bonchev–Trinajstić information content (AvgIpc) is 2.94. The van der Waals surface area contributed by atoms with Crippen molar-refractivity contribution >= 4 is 40.4 Å². The van der Waals surface area contributed by atoms with Gasteiger partial charge in [0.25, 0.3) is 11.8 Å². The summed E-state index contributed by atoms with van der Waals surface area (Å²) in [5, 5.41) is 8.87. The van der Waals surface area contributed by atoms with Crippen LogP contribution in [0.25, 0.3) is 0 Å². The molecule has 0 aliphatic carbocycles. The molecule has 8 nitrogen and oxygen atoms in total. The maximum absolute atomic E-state index is 11.9. The smallest absolute Gasteiger partial charge is 0.269 e. The van der Waals surface area contributed by atoms with Gasteiger partial charge in [-0.05, 0) is 17.6 Å². The van der Waals surface area contributed by atoms with Crippen LogP contribution in [0, 0.1) is 0 Å². The summed E-state index contributed by atoms with van der Waals surface area (Å²) in [6.45, 7) is -0.0509. The van der Waals surface area contributed by atoms with E-state index in [1.165, 1.54) is 6.20 Å². The van der Waals surface area contributed by atoms with Crippen LogP contribution in [0.4, 0.5) is 17.1 Å². The summed E-state index contributed by atoms with van der Waals surface area (Å²) >= 11 is 0.977. The minimum Gasteiger partial charge on any atom is -0.482 e. The molecule has 2 amide bonds. The van der Waals surface area contributed by atoms with Gasteiger partial charge in [0.1, 0.15) is 10.6 Å². The van der Waals surface area contributed by atoms with E-state index < -0.39 is 0 Å². The molecule has 2 heterocycles. The molecule has 0 fully saturated rings. The molecule has 9 heteroatoms. The van der Waals surface area contributed by atoms with Crippen molar-refractivity contribution in [2.75, 3.05) is 23.0 Å². The third-order valence-corrected chi connectivity index (χ3v) is 3.28. The number of fused-ring (bicyclic) bond motifs is 1. The van der Waals surface area contributed by atoms with Gasteiger partial charge < -0.3 is 21.1 Å². The lowest BCUT2D eigenvalue weighted by atomic mass is 10.2. The predicted octanol–water partition coefficient (Wildman–Crippen LogP) is 0.704. The van der Waals surface area contributed by atoms with Gasteiger partial charge in [0.05, 0.1) is 23.3 Å². The number of nitrogen functional groups attached to an aromatic ring is 1.